The Hall–Kier alpha value is -3.66. The van der Waals surface area contributed by atoms with Gasteiger partial charge in [0, 0.05) is 25.5 Å². The van der Waals surface area contributed by atoms with Crippen molar-refractivity contribution in [2.45, 2.75) is 39.3 Å². The monoisotopic (exact) mass is 465 g/mol. The number of carbonyl (C=O) groups excluding carboxylic acids is 2. The zero-order chi connectivity index (χ0) is 24.7. The zero-order valence-corrected chi connectivity index (χ0v) is 19.6. The number of fused-ring (bicyclic) bond motifs is 1. The number of carbonyl (C=O) groups is 2. The third-order valence-corrected chi connectivity index (χ3v) is 5.85. The number of Topliss-reactive ketones (excluding diaryl/α,β-unsaturated/α-hetero) is 1. The molecule has 34 heavy (non-hydrogen) atoms. The maximum absolute atomic E-state index is 12.8. The molecular weight excluding hydrogens is 434 g/mol. The molecule has 0 saturated heterocycles. The van der Waals surface area contributed by atoms with E-state index in [1.165, 1.54) is 35.0 Å². The number of benzene rings is 1. The molecule has 0 bridgehead atoms. The molecule has 2 aromatic rings. The summed E-state index contributed by atoms with van der Waals surface area (Å²) >= 11 is 0. The minimum atomic E-state index is -0.797. The quantitative estimate of drug-likeness (QED) is 0.369. The van der Waals surface area contributed by atoms with Gasteiger partial charge in [0.15, 0.2) is 11.6 Å². The summed E-state index contributed by atoms with van der Waals surface area (Å²) in [5.74, 6) is -0.504. The van der Waals surface area contributed by atoms with Crippen LogP contribution in [-0.2, 0) is 22.6 Å². The van der Waals surface area contributed by atoms with Crippen molar-refractivity contribution in [3.63, 3.8) is 0 Å². The van der Waals surface area contributed by atoms with Crippen LogP contribution in [0.5, 0.6) is 0 Å². The fourth-order valence-corrected chi connectivity index (χ4v) is 3.90. The van der Waals surface area contributed by atoms with E-state index >= 15 is 0 Å². The van der Waals surface area contributed by atoms with Crippen molar-refractivity contribution < 1.29 is 9.59 Å². The van der Waals surface area contributed by atoms with Gasteiger partial charge < -0.3 is 21.5 Å². The maximum atomic E-state index is 12.8. The highest BCUT2D eigenvalue weighted by Crippen LogP contribution is 2.18. The predicted molar refractivity (Wildman–Crippen MR) is 131 cm³/mol. The second kappa shape index (κ2) is 11.5. The van der Waals surface area contributed by atoms with Crippen molar-refractivity contribution >= 4 is 28.9 Å². The summed E-state index contributed by atoms with van der Waals surface area (Å²) in [7, 11) is 0. The molecule has 0 saturated carbocycles. The summed E-state index contributed by atoms with van der Waals surface area (Å²) in [6.07, 6.45) is 4.08. The third kappa shape index (κ3) is 6.22. The second-order valence-electron chi connectivity index (χ2n) is 8.36. The van der Waals surface area contributed by atoms with Crippen molar-refractivity contribution in [1.29, 1.82) is 10.8 Å². The van der Waals surface area contributed by atoms with E-state index in [2.05, 4.69) is 32.7 Å². The van der Waals surface area contributed by atoms with Gasteiger partial charge in [0.1, 0.15) is 6.04 Å². The van der Waals surface area contributed by atoms with Crippen LogP contribution in [-0.4, -0.2) is 63.7 Å². The zero-order valence-electron chi connectivity index (χ0n) is 19.6. The highest BCUT2D eigenvalue weighted by molar-refractivity contribution is 6.40. The second-order valence-corrected chi connectivity index (χ2v) is 8.36. The first-order chi connectivity index (χ1) is 16.3. The normalized spacial score (nSPS) is 14.1. The average Bonchev–Trinajstić information content (AvgIpc) is 2.83. The molecule has 1 atom stereocenters. The number of anilines is 1. The molecule has 4 N–H and O–H groups in total. The van der Waals surface area contributed by atoms with Crippen LogP contribution in [0.3, 0.4) is 0 Å². The molecule has 0 aliphatic carbocycles. The fraction of sp³-hybridized carbons (Fsp3) is 0.417. The van der Waals surface area contributed by atoms with Crippen molar-refractivity contribution in [3.8, 4) is 0 Å². The number of hydrogen-bond donors (Lipinski definition) is 4. The topological polar surface area (TPSA) is 144 Å². The molecule has 1 aromatic heterocycles. The van der Waals surface area contributed by atoms with Gasteiger partial charge in [0.25, 0.3) is 5.56 Å². The Kier molecular flexibility index (Phi) is 8.42. The Morgan fingerprint density at radius 2 is 1.91 bits per heavy atom. The molecule has 1 aliphatic heterocycles. The molecule has 0 unspecified atom stereocenters. The molecule has 3 rings (SSSR count). The van der Waals surface area contributed by atoms with E-state index < -0.39 is 17.5 Å². The Labute approximate surface area is 198 Å². The van der Waals surface area contributed by atoms with Crippen LogP contribution in [0.2, 0.25) is 0 Å². The molecule has 0 radical (unpaired) electrons. The molecule has 180 valence electrons. The lowest BCUT2D eigenvalue weighted by Gasteiger charge is -2.28. The van der Waals surface area contributed by atoms with Gasteiger partial charge in [-0.05, 0) is 30.9 Å². The molecule has 10 heteroatoms. The summed E-state index contributed by atoms with van der Waals surface area (Å²) in [6, 6.07) is 7.41. The summed E-state index contributed by atoms with van der Waals surface area (Å²) in [4.78, 5) is 44.2. The molecule has 0 fully saturated rings. The Morgan fingerprint density at radius 3 is 2.62 bits per heavy atom. The highest BCUT2D eigenvalue weighted by Gasteiger charge is 2.23. The fourth-order valence-electron chi connectivity index (χ4n) is 3.90. The third-order valence-electron chi connectivity index (χ3n) is 5.85. The lowest BCUT2D eigenvalue weighted by atomic mass is 10.00. The van der Waals surface area contributed by atoms with Gasteiger partial charge in [0.05, 0.1) is 31.1 Å². The summed E-state index contributed by atoms with van der Waals surface area (Å²) < 4.78 is 1.28. The molecule has 10 nitrogen and oxygen atoms in total. The van der Waals surface area contributed by atoms with E-state index in [-0.39, 0.29) is 42.7 Å². The van der Waals surface area contributed by atoms with E-state index in [9.17, 15) is 14.4 Å². The lowest BCUT2D eigenvalue weighted by Crippen LogP contribution is -2.42. The van der Waals surface area contributed by atoms with E-state index in [1.807, 2.05) is 12.1 Å². The van der Waals surface area contributed by atoms with Crippen LogP contribution in [0.25, 0.3) is 0 Å². The van der Waals surface area contributed by atoms with Gasteiger partial charge in [-0.25, -0.2) is 4.98 Å². The van der Waals surface area contributed by atoms with Crippen molar-refractivity contribution in [2.75, 3.05) is 31.5 Å². The maximum Gasteiger partial charge on any atom is 0.294 e. The van der Waals surface area contributed by atoms with Gasteiger partial charge >= 0.3 is 0 Å². The molecule has 0 spiro atoms. The van der Waals surface area contributed by atoms with Gasteiger partial charge in [0.2, 0.25) is 5.91 Å². The number of hydrogen-bond acceptors (Lipinski definition) is 8. The van der Waals surface area contributed by atoms with Crippen LogP contribution in [0, 0.1) is 10.8 Å². The van der Waals surface area contributed by atoms with Crippen LogP contribution >= 0.6 is 0 Å². The van der Waals surface area contributed by atoms with Gasteiger partial charge in [-0.1, -0.05) is 31.2 Å². The highest BCUT2D eigenvalue weighted by atomic mass is 16.2. The first-order valence-electron chi connectivity index (χ1n) is 11.3. The van der Waals surface area contributed by atoms with Crippen molar-refractivity contribution in [2.24, 2.45) is 0 Å². The summed E-state index contributed by atoms with van der Waals surface area (Å²) in [5.41, 5.74) is 2.17. The lowest BCUT2D eigenvalue weighted by molar-refractivity contribution is -0.128. The van der Waals surface area contributed by atoms with Crippen molar-refractivity contribution in [3.05, 3.63) is 58.1 Å². The minimum absolute atomic E-state index is 0.00112. The predicted octanol–water partition coefficient (Wildman–Crippen LogP) is 1.41. The Balaban J connectivity index is 1.57. The Bertz CT molecular complexity index is 1140. The number of rotatable bonds is 11. The number of nitrogens with zero attached hydrogens (tertiary/aromatic N) is 3. The minimum Gasteiger partial charge on any atom is -0.360 e. The molecule has 1 amide bonds. The van der Waals surface area contributed by atoms with E-state index in [0.29, 0.717) is 13.0 Å². The summed E-state index contributed by atoms with van der Waals surface area (Å²) in [6.45, 7) is 4.92. The SMILES string of the molecule is CC[C@@H](C(=O)NCC(=O)CN1CCc2ccccc2C1)n1ccnc(NCC(=N)C(C)=N)c1=O. The van der Waals surface area contributed by atoms with Crippen LogP contribution < -0.4 is 16.2 Å². The smallest absolute Gasteiger partial charge is 0.294 e. The summed E-state index contributed by atoms with van der Waals surface area (Å²) in [5, 5.41) is 20.6. The van der Waals surface area contributed by atoms with Crippen LogP contribution in [0.4, 0.5) is 5.82 Å². The standard InChI is InChI=1S/C24H31N7O3/c1-3-21(31-11-9-27-22(24(31)34)28-13-20(26)16(2)25)23(33)29-12-19(32)15-30-10-8-17-6-4-5-7-18(17)14-30/h4-7,9,11,21,25-26H,3,8,10,12-15H2,1-2H3,(H,27,28)(H,29,33)/t21-/m0/s1. The van der Waals surface area contributed by atoms with Crippen molar-refractivity contribution in [1.82, 2.24) is 19.8 Å². The Morgan fingerprint density at radius 1 is 1.18 bits per heavy atom. The number of nitrogens with one attached hydrogen (secondary N) is 4. The van der Waals surface area contributed by atoms with Gasteiger partial charge in [-0.2, -0.15) is 0 Å². The first kappa shape index (κ1) is 25.0. The largest absolute Gasteiger partial charge is 0.360 e. The van der Waals surface area contributed by atoms with E-state index in [4.69, 9.17) is 10.8 Å². The molecule has 2 heterocycles. The van der Waals surface area contributed by atoms with Crippen LogP contribution in [0.1, 0.15) is 37.4 Å². The number of ketones is 1. The van der Waals surface area contributed by atoms with E-state index in [1.54, 1.807) is 6.92 Å². The van der Waals surface area contributed by atoms with Gasteiger partial charge in [-0.15, -0.1) is 0 Å². The molecular formula is C24H31N7O3. The van der Waals surface area contributed by atoms with Crippen LogP contribution in [0.15, 0.2) is 41.5 Å². The molecule has 1 aliphatic rings. The van der Waals surface area contributed by atoms with E-state index in [0.717, 1.165) is 13.0 Å². The molecule has 1 aromatic carbocycles. The number of amides is 1. The first-order valence-corrected chi connectivity index (χ1v) is 11.3. The van der Waals surface area contributed by atoms with Gasteiger partial charge in [-0.3, -0.25) is 23.9 Å². The average molecular weight is 466 g/mol. The number of aromatic nitrogens is 2.